The van der Waals surface area contributed by atoms with Crippen molar-refractivity contribution in [3.63, 3.8) is 0 Å². The van der Waals surface area contributed by atoms with Gasteiger partial charge in [-0.1, -0.05) is 24.3 Å². The van der Waals surface area contributed by atoms with Crippen LogP contribution < -0.4 is 10.5 Å². The first-order valence-corrected chi connectivity index (χ1v) is 9.83. The van der Waals surface area contributed by atoms with Gasteiger partial charge in [0.1, 0.15) is 0 Å². The molecule has 2 aliphatic carbocycles. The molecule has 122 valence electrons. The lowest BCUT2D eigenvalue weighted by Crippen LogP contribution is -2.41. The van der Waals surface area contributed by atoms with Crippen LogP contribution in [0.25, 0.3) is 0 Å². The lowest BCUT2D eigenvalue weighted by Gasteiger charge is -2.42. The van der Waals surface area contributed by atoms with Gasteiger partial charge in [0.05, 0.1) is 4.90 Å². The van der Waals surface area contributed by atoms with E-state index in [-0.39, 0.29) is 4.90 Å². The molecule has 4 atom stereocenters. The quantitative estimate of drug-likeness (QED) is 0.818. The number of anilines is 1. The Hall–Kier alpha value is -1.59. The average molecular weight is 330 g/mol. The maximum Gasteiger partial charge on any atom is 0.238 e. The minimum absolute atomic E-state index is 0.205. The van der Waals surface area contributed by atoms with Crippen LogP contribution in [0.15, 0.2) is 47.4 Å². The number of fused-ring (bicyclic) bond motifs is 3. The number of nitrogens with two attached hydrogens (primary N) is 1. The van der Waals surface area contributed by atoms with Crippen LogP contribution in [-0.2, 0) is 10.0 Å². The summed E-state index contributed by atoms with van der Waals surface area (Å²) in [7, 11) is -3.66. The molecular weight excluding hydrogens is 308 g/mol. The van der Waals surface area contributed by atoms with Crippen LogP contribution >= 0.6 is 0 Å². The normalized spacial score (nSPS) is 32.2. The Bertz CT molecular complexity index is 782. The highest BCUT2D eigenvalue weighted by Gasteiger charge is 2.40. The fraction of sp³-hybridized carbons (Fsp3) is 0.444. The van der Waals surface area contributed by atoms with E-state index < -0.39 is 10.0 Å². The molecule has 23 heavy (non-hydrogen) atoms. The minimum Gasteiger partial charge on any atom is -0.381 e. The molecule has 0 saturated carbocycles. The number of allylic oxidation sites excluding steroid dienone is 4. The zero-order valence-corrected chi connectivity index (χ0v) is 13.8. The van der Waals surface area contributed by atoms with Gasteiger partial charge in [-0.25, -0.2) is 13.6 Å². The Kier molecular flexibility index (Phi) is 3.58. The predicted octanol–water partition coefficient (Wildman–Crippen LogP) is 3.14. The van der Waals surface area contributed by atoms with Crippen LogP contribution in [0.5, 0.6) is 0 Å². The lowest BCUT2D eigenvalue weighted by molar-refractivity contribution is 0.294. The van der Waals surface area contributed by atoms with Crippen LogP contribution in [0.3, 0.4) is 0 Å². The third-order valence-corrected chi connectivity index (χ3v) is 6.44. The Balaban J connectivity index is 1.73. The van der Waals surface area contributed by atoms with Crippen molar-refractivity contribution < 1.29 is 8.42 Å². The van der Waals surface area contributed by atoms with Gasteiger partial charge in [0.25, 0.3) is 0 Å². The number of primary sulfonamides is 1. The summed E-state index contributed by atoms with van der Waals surface area (Å²) in [6, 6.07) is 5.69. The van der Waals surface area contributed by atoms with E-state index in [0.29, 0.717) is 23.8 Å². The lowest BCUT2D eigenvalue weighted by atomic mass is 9.72. The Morgan fingerprint density at radius 3 is 2.74 bits per heavy atom. The molecule has 1 aromatic carbocycles. The molecular formula is C18H22N2O2S. The molecule has 3 N–H and O–H groups in total. The molecule has 4 nitrogen and oxygen atoms in total. The first kappa shape index (κ1) is 15.0. The molecule has 0 radical (unpaired) electrons. The summed E-state index contributed by atoms with van der Waals surface area (Å²) in [6.07, 6.45) is 13.6. The maximum absolute atomic E-state index is 11.7. The smallest absolute Gasteiger partial charge is 0.238 e. The monoisotopic (exact) mass is 330 g/mol. The summed E-state index contributed by atoms with van der Waals surface area (Å²) in [6.45, 7) is 0. The molecule has 3 aliphatic rings. The second-order valence-electron chi connectivity index (χ2n) is 6.86. The first-order valence-electron chi connectivity index (χ1n) is 8.29. The maximum atomic E-state index is 11.7. The van der Waals surface area contributed by atoms with Crippen LogP contribution in [0.2, 0.25) is 0 Å². The standard InChI is InChI=1S/C18H22N2O2S/c19-23(21,22)13-9-10-17-16(11-13)14-7-4-8-15(14)18(20-17)12-5-2-1-3-6-12/h1-2,4,7,9-12,14-15,18,20H,3,5-6,8H2,(H2,19,21,22)/t12-,14+,15-,18-/m0/s1. The van der Waals surface area contributed by atoms with Crippen molar-refractivity contribution in [2.24, 2.45) is 17.0 Å². The zero-order valence-electron chi connectivity index (χ0n) is 13.0. The van der Waals surface area contributed by atoms with Gasteiger partial charge in [0.15, 0.2) is 0 Å². The van der Waals surface area contributed by atoms with Gasteiger partial charge in [0.2, 0.25) is 10.0 Å². The third-order valence-electron chi connectivity index (χ3n) is 5.52. The van der Waals surface area contributed by atoms with Crippen molar-refractivity contribution in [1.82, 2.24) is 0 Å². The van der Waals surface area contributed by atoms with Crippen molar-refractivity contribution in [1.29, 1.82) is 0 Å². The highest BCUT2D eigenvalue weighted by atomic mass is 32.2. The van der Waals surface area contributed by atoms with E-state index in [2.05, 4.69) is 29.6 Å². The molecule has 4 rings (SSSR count). The molecule has 0 aromatic heterocycles. The molecule has 0 fully saturated rings. The molecule has 0 saturated heterocycles. The van der Waals surface area contributed by atoms with E-state index in [1.807, 2.05) is 6.07 Å². The highest BCUT2D eigenvalue weighted by molar-refractivity contribution is 7.89. The highest BCUT2D eigenvalue weighted by Crippen LogP contribution is 2.48. The van der Waals surface area contributed by atoms with Gasteiger partial charge in [-0.15, -0.1) is 0 Å². The van der Waals surface area contributed by atoms with Gasteiger partial charge in [-0.05, 0) is 61.3 Å². The largest absolute Gasteiger partial charge is 0.381 e. The van der Waals surface area contributed by atoms with E-state index in [0.717, 1.165) is 30.5 Å². The van der Waals surface area contributed by atoms with Gasteiger partial charge in [-0.3, -0.25) is 0 Å². The van der Waals surface area contributed by atoms with Crippen molar-refractivity contribution in [3.8, 4) is 0 Å². The van der Waals surface area contributed by atoms with E-state index in [4.69, 9.17) is 5.14 Å². The van der Waals surface area contributed by atoms with E-state index in [1.165, 1.54) is 6.42 Å². The predicted molar refractivity (Wildman–Crippen MR) is 91.7 cm³/mol. The number of nitrogens with one attached hydrogen (secondary N) is 1. The fourth-order valence-corrected chi connectivity index (χ4v) is 4.95. The fourth-order valence-electron chi connectivity index (χ4n) is 4.40. The molecule has 1 aromatic rings. The number of hydrogen-bond acceptors (Lipinski definition) is 3. The third kappa shape index (κ3) is 2.62. The minimum atomic E-state index is -3.66. The summed E-state index contributed by atoms with van der Waals surface area (Å²) in [5.41, 5.74) is 2.13. The first-order chi connectivity index (χ1) is 11.0. The van der Waals surface area contributed by atoms with E-state index in [9.17, 15) is 8.42 Å². The summed E-state index contributed by atoms with van der Waals surface area (Å²) in [5.74, 6) is 1.46. The summed E-state index contributed by atoms with van der Waals surface area (Å²) < 4.78 is 23.3. The molecule has 1 aliphatic heterocycles. The summed E-state index contributed by atoms with van der Waals surface area (Å²) in [4.78, 5) is 0.205. The van der Waals surface area contributed by atoms with Gasteiger partial charge < -0.3 is 5.32 Å². The molecule has 5 heteroatoms. The van der Waals surface area contributed by atoms with E-state index in [1.54, 1.807) is 12.1 Å². The van der Waals surface area contributed by atoms with Crippen LogP contribution in [-0.4, -0.2) is 14.5 Å². The van der Waals surface area contributed by atoms with Gasteiger partial charge in [-0.2, -0.15) is 0 Å². The summed E-state index contributed by atoms with van der Waals surface area (Å²) >= 11 is 0. The van der Waals surface area contributed by atoms with E-state index >= 15 is 0 Å². The summed E-state index contributed by atoms with van der Waals surface area (Å²) in [5, 5.41) is 9.00. The second-order valence-corrected chi connectivity index (χ2v) is 8.42. The van der Waals surface area contributed by atoms with Crippen LogP contribution in [0.1, 0.15) is 37.2 Å². The SMILES string of the molecule is NS(=O)(=O)c1ccc2c(c1)[C@@H]1C=CC[C@@H]1[C@H]([C@H]1CC=CCC1)N2. The second kappa shape index (κ2) is 5.49. The molecule has 0 amide bonds. The molecule has 0 bridgehead atoms. The number of hydrogen-bond donors (Lipinski definition) is 2. The zero-order chi connectivity index (χ0) is 16.0. The Morgan fingerprint density at radius 2 is 2.00 bits per heavy atom. The van der Waals surface area contributed by atoms with Gasteiger partial charge in [0, 0.05) is 17.6 Å². The number of sulfonamides is 1. The average Bonchev–Trinajstić information content (AvgIpc) is 3.03. The Labute approximate surface area is 137 Å². The van der Waals surface area contributed by atoms with Crippen LogP contribution in [0, 0.1) is 11.8 Å². The number of benzene rings is 1. The molecule has 0 spiro atoms. The van der Waals surface area contributed by atoms with Crippen molar-refractivity contribution >= 4 is 15.7 Å². The van der Waals surface area contributed by atoms with Crippen molar-refractivity contribution in [2.45, 2.75) is 42.5 Å². The topological polar surface area (TPSA) is 72.2 Å². The Morgan fingerprint density at radius 1 is 1.13 bits per heavy atom. The van der Waals surface area contributed by atoms with Gasteiger partial charge >= 0.3 is 0 Å². The molecule has 1 heterocycles. The molecule has 0 unspecified atom stereocenters. The van der Waals surface area contributed by atoms with Crippen LogP contribution in [0.4, 0.5) is 5.69 Å². The number of rotatable bonds is 2. The van der Waals surface area contributed by atoms with Crippen molar-refractivity contribution in [2.75, 3.05) is 5.32 Å². The van der Waals surface area contributed by atoms with Crippen molar-refractivity contribution in [3.05, 3.63) is 48.1 Å².